The first-order chi connectivity index (χ1) is 12.4. The summed E-state index contributed by atoms with van der Waals surface area (Å²) in [6, 6.07) is 9.17. The minimum Gasteiger partial charge on any atom is -0.497 e. The van der Waals surface area contributed by atoms with Crippen LogP contribution in [0.2, 0.25) is 0 Å². The van der Waals surface area contributed by atoms with Crippen molar-refractivity contribution >= 4 is 11.9 Å². The van der Waals surface area contributed by atoms with E-state index >= 15 is 0 Å². The number of rotatable bonds is 6. The first-order valence-electron chi connectivity index (χ1n) is 7.28. The summed E-state index contributed by atoms with van der Waals surface area (Å²) in [7, 11) is 5.83. The van der Waals surface area contributed by atoms with Gasteiger partial charge in [-0.3, -0.25) is 0 Å². The number of carboxylic acids is 2. The summed E-state index contributed by atoms with van der Waals surface area (Å²) in [6.45, 7) is 0. The number of carbonyl (C=O) groups is 2. The lowest BCUT2D eigenvalue weighted by atomic mass is 10.2. The number of ether oxygens (including phenoxy) is 4. The van der Waals surface area contributed by atoms with Gasteiger partial charge in [0, 0.05) is 6.07 Å². The zero-order valence-electron chi connectivity index (χ0n) is 14.8. The SMILES string of the molecule is COc1ccc(C(=O)O)c(OC)c1.COc1ccc(OC)c(C(=O)O)c1. The van der Waals surface area contributed by atoms with E-state index in [4.69, 9.17) is 29.2 Å². The fourth-order valence-corrected chi connectivity index (χ4v) is 1.96. The summed E-state index contributed by atoms with van der Waals surface area (Å²) in [4.78, 5) is 21.4. The van der Waals surface area contributed by atoms with Gasteiger partial charge in [0.15, 0.2) is 0 Å². The lowest BCUT2D eigenvalue weighted by Crippen LogP contribution is -2.00. The minimum atomic E-state index is -1.03. The highest BCUT2D eigenvalue weighted by molar-refractivity contribution is 5.91. The van der Waals surface area contributed by atoms with Gasteiger partial charge in [0.25, 0.3) is 0 Å². The molecule has 0 aliphatic rings. The van der Waals surface area contributed by atoms with Crippen LogP contribution in [0.15, 0.2) is 36.4 Å². The van der Waals surface area contributed by atoms with Crippen LogP contribution < -0.4 is 18.9 Å². The molecule has 0 saturated carbocycles. The second kappa shape index (κ2) is 9.77. The number of aromatic carboxylic acids is 2. The zero-order valence-corrected chi connectivity index (χ0v) is 14.8. The highest BCUT2D eigenvalue weighted by atomic mass is 16.5. The minimum absolute atomic E-state index is 0.0989. The molecule has 0 spiro atoms. The average molecular weight is 364 g/mol. The van der Waals surface area contributed by atoms with Crippen LogP contribution in [-0.2, 0) is 0 Å². The van der Waals surface area contributed by atoms with Crippen molar-refractivity contribution in [3.05, 3.63) is 47.5 Å². The monoisotopic (exact) mass is 364 g/mol. The van der Waals surface area contributed by atoms with E-state index in [9.17, 15) is 9.59 Å². The lowest BCUT2D eigenvalue weighted by Gasteiger charge is -2.06. The summed E-state index contributed by atoms with van der Waals surface area (Å²) in [5, 5.41) is 17.5. The van der Waals surface area contributed by atoms with Crippen molar-refractivity contribution in [2.75, 3.05) is 28.4 Å². The molecule has 0 unspecified atom stereocenters. The van der Waals surface area contributed by atoms with Gasteiger partial charge in [0.1, 0.15) is 34.1 Å². The molecule has 8 nitrogen and oxygen atoms in total. The third kappa shape index (κ3) is 5.30. The van der Waals surface area contributed by atoms with Gasteiger partial charge in [-0.1, -0.05) is 0 Å². The standard InChI is InChI=1S/2C9H10O4/c1-12-6-3-4-8(13-2)7(5-6)9(10)11;1-12-6-3-4-7(9(10)11)8(5-6)13-2/h2*3-5H,1-2H3,(H,10,11). The zero-order chi connectivity index (χ0) is 19.7. The second-order valence-electron chi connectivity index (χ2n) is 4.74. The molecular formula is C18H20O8. The Hall–Kier alpha value is -3.42. The van der Waals surface area contributed by atoms with Gasteiger partial charge in [-0.25, -0.2) is 9.59 Å². The number of hydrogen-bond acceptors (Lipinski definition) is 6. The van der Waals surface area contributed by atoms with Crippen LogP contribution in [0.25, 0.3) is 0 Å². The van der Waals surface area contributed by atoms with Crippen LogP contribution in [0.3, 0.4) is 0 Å². The second-order valence-corrected chi connectivity index (χ2v) is 4.74. The van der Waals surface area contributed by atoms with Crippen LogP contribution in [0.4, 0.5) is 0 Å². The van der Waals surface area contributed by atoms with Gasteiger partial charge in [0.05, 0.1) is 28.4 Å². The van der Waals surface area contributed by atoms with Gasteiger partial charge >= 0.3 is 11.9 Å². The van der Waals surface area contributed by atoms with Crippen molar-refractivity contribution in [3.8, 4) is 23.0 Å². The van der Waals surface area contributed by atoms with Gasteiger partial charge < -0.3 is 29.2 Å². The molecule has 0 fully saturated rings. The third-order valence-corrected chi connectivity index (χ3v) is 3.28. The van der Waals surface area contributed by atoms with E-state index in [2.05, 4.69) is 0 Å². The molecule has 0 radical (unpaired) electrons. The van der Waals surface area contributed by atoms with E-state index in [-0.39, 0.29) is 11.1 Å². The van der Waals surface area contributed by atoms with Crippen LogP contribution >= 0.6 is 0 Å². The van der Waals surface area contributed by atoms with E-state index in [1.807, 2.05) is 0 Å². The first-order valence-corrected chi connectivity index (χ1v) is 7.28. The molecular weight excluding hydrogens is 344 g/mol. The Kier molecular flexibility index (Phi) is 7.75. The van der Waals surface area contributed by atoms with Crippen LogP contribution in [0, 0.1) is 0 Å². The molecule has 0 saturated heterocycles. The van der Waals surface area contributed by atoms with E-state index in [0.717, 1.165) is 0 Å². The van der Waals surface area contributed by atoms with Crippen molar-refractivity contribution in [2.24, 2.45) is 0 Å². The van der Waals surface area contributed by atoms with E-state index in [1.165, 1.54) is 46.6 Å². The van der Waals surface area contributed by atoms with Gasteiger partial charge in [-0.15, -0.1) is 0 Å². The molecule has 2 rings (SSSR count). The molecule has 0 bridgehead atoms. The van der Waals surface area contributed by atoms with Crippen molar-refractivity contribution in [3.63, 3.8) is 0 Å². The largest absolute Gasteiger partial charge is 0.497 e. The van der Waals surface area contributed by atoms with E-state index < -0.39 is 11.9 Å². The molecule has 2 aromatic rings. The van der Waals surface area contributed by atoms with Crippen LogP contribution in [-0.4, -0.2) is 50.6 Å². The Balaban J connectivity index is 0.000000260. The highest BCUT2D eigenvalue weighted by Crippen LogP contribution is 2.24. The Morgan fingerprint density at radius 1 is 0.654 bits per heavy atom. The molecule has 8 heteroatoms. The van der Waals surface area contributed by atoms with Gasteiger partial charge in [0.2, 0.25) is 0 Å². The highest BCUT2D eigenvalue weighted by Gasteiger charge is 2.12. The molecule has 0 aliphatic carbocycles. The van der Waals surface area contributed by atoms with Crippen LogP contribution in [0.1, 0.15) is 20.7 Å². The summed E-state index contributed by atoms with van der Waals surface area (Å²) in [5.74, 6) is -0.351. The molecule has 0 aromatic heterocycles. The predicted octanol–water partition coefficient (Wildman–Crippen LogP) is 2.80. The Bertz CT molecular complexity index is 770. The Labute approximate surface area is 150 Å². The molecule has 0 aliphatic heterocycles. The number of benzene rings is 2. The average Bonchev–Trinajstić information content (AvgIpc) is 2.67. The number of carboxylic acid groups (broad SMARTS) is 2. The van der Waals surface area contributed by atoms with Crippen molar-refractivity contribution in [1.82, 2.24) is 0 Å². The summed E-state index contributed by atoms with van der Waals surface area (Å²) >= 11 is 0. The Morgan fingerprint density at radius 3 is 1.62 bits per heavy atom. The predicted molar refractivity (Wildman–Crippen MR) is 93.0 cm³/mol. The van der Waals surface area contributed by atoms with E-state index in [0.29, 0.717) is 23.0 Å². The molecule has 0 atom stereocenters. The number of hydrogen-bond donors (Lipinski definition) is 2. The Morgan fingerprint density at radius 2 is 1.15 bits per heavy atom. The summed E-state index contributed by atoms with van der Waals surface area (Å²) in [5.41, 5.74) is 0.227. The molecule has 2 aromatic carbocycles. The fraction of sp³-hybridized carbons (Fsp3) is 0.222. The van der Waals surface area contributed by atoms with E-state index in [1.54, 1.807) is 18.2 Å². The van der Waals surface area contributed by atoms with Crippen molar-refractivity contribution in [1.29, 1.82) is 0 Å². The van der Waals surface area contributed by atoms with Crippen molar-refractivity contribution in [2.45, 2.75) is 0 Å². The summed E-state index contributed by atoms with van der Waals surface area (Å²) < 4.78 is 19.6. The molecule has 0 heterocycles. The molecule has 26 heavy (non-hydrogen) atoms. The maximum atomic E-state index is 10.7. The van der Waals surface area contributed by atoms with Crippen LogP contribution in [0.5, 0.6) is 23.0 Å². The fourth-order valence-electron chi connectivity index (χ4n) is 1.96. The quantitative estimate of drug-likeness (QED) is 0.805. The summed E-state index contributed by atoms with van der Waals surface area (Å²) in [6.07, 6.45) is 0. The number of methoxy groups -OCH3 is 4. The normalized spacial score (nSPS) is 9.38. The maximum absolute atomic E-state index is 10.7. The smallest absolute Gasteiger partial charge is 0.339 e. The molecule has 0 amide bonds. The van der Waals surface area contributed by atoms with Gasteiger partial charge in [-0.05, 0) is 30.3 Å². The molecule has 140 valence electrons. The van der Waals surface area contributed by atoms with Gasteiger partial charge in [-0.2, -0.15) is 0 Å². The maximum Gasteiger partial charge on any atom is 0.339 e. The lowest BCUT2D eigenvalue weighted by molar-refractivity contribution is 0.0682. The first kappa shape index (κ1) is 20.6. The van der Waals surface area contributed by atoms with Crippen molar-refractivity contribution < 1.29 is 38.7 Å². The topological polar surface area (TPSA) is 112 Å². The third-order valence-electron chi connectivity index (χ3n) is 3.28. The molecule has 2 N–H and O–H groups in total.